The summed E-state index contributed by atoms with van der Waals surface area (Å²) in [7, 11) is 2.14. The third kappa shape index (κ3) is 2.04. The van der Waals surface area contributed by atoms with Crippen LogP contribution in [0.15, 0.2) is 0 Å². The molecule has 2 saturated heterocycles. The summed E-state index contributed by atoms with van der Waals surface area (Å²) in [5.41, 5.74) is 6.50. The van der Waals surface area contributed by atoms with Crippen LogP contribution in [0.3, 0.4) is 0 Å². The Morgan fingerprint density at radius 3 is 2.67 bits per heavy atom. The normalized spacial score (nSPS) is 43.0. The summed E-state index contributed by atoms with van der Waals surface area (Å²) in [6, 6.07) is 1.08. The Kier molecular flexibility index (Phi) is 3.30. The fourth-order valence-electron chi connectivity index (χ4n) is 3.18. The molecule has 0 aliphatic carbocycles. The summed E-state index contributed by atoms with van der Waals surface area (Å²) in [5, 5.41) is 2.27. The Morgan fingerprint density at radius 1 is 1.40 bits per heavy atom. The molecule has 0 radical (unpaired) electrons. The van der Waals surface area contributed by atoms with Gasteiger partial charge in [0.15, 0.2) is 0 Å². The third-order valence-corrected chi connectivity index (χ3v) is 3.70. The summed E-state index contributed by atoms with van der Waals surface area (Å²) >= 11 is 0. The van der Waals surface area contributed by atoms with Crippen LogP contribution in [0.4, 0.5) is 0 Å². The molecule has 15 heavy (non-hydrogen) atoms. The number of hydroxylamine groups is 1. The molecule has 2 aliphatic heterocycles. The Balaban J connectivity index is 2.11. The first kappa shape index (κ1) is 11.3. The van der Waals surface area contributed by atoms with Gasteiger partial charge in [0.05, 0.1) is 6.10 Å². The van der Waals surface area contributed by atoms with Crippen molar-refractivity contribution in [1.29, 1.82) is 0 Å². The van der Waals surface area contributed by atoms with Crippen molar-refractivity contribution < 1.29 is 4.84 Å². The van der Waals surface area contributed by atoms with Crippen molar-refractivity contribution in [2.24, 2.45) is 11.8 Å². The SMILES string of the molecule is CC(C)C1C(C2CCNO2)C(C)NN1C. The molecule has 2 fully saturated rings. The fourth-order valence-corrected chi connectivity index (χ4v) is 3.18. The molecule has 0 spiro atoms. The molecule has 4 heteroatoms. The molecular formula is C11H23N3O. The van der Waals surface area contributed by atoms with E-state index in [1.807, 2.05) is 0 Å². The van der Waals surface area contributed by atoms with Crippen molar-refractivity contribution in [3.05, 3.63) is 0 Å². The maximum absolute atomic E-state index is 5.62. The number of hydrogen-bond donors (Lipinski definition) is 2. The second-order valence-corrected chi connectivity index (χ2v) is 5.18. The van der Waals surface area contributed by atoms with Gasteiger partial charge >= 0.3 is 0 Å². The Morgan fingerprint density at radius 2 is 2.13 bits per heavy atom. The van der Waals surface area contributed by atoms with E-state index in [9.17, 15) is 0 Å². The van der Waals surface area contributed by atoms with Crippen molar-refractivity contribution in [3.63, 3.8) is 0 Å². The van der Waals surface area contributed by atoms with Crippen LogP contribution < -0.4 is 10.9 Å². The van der Waals surface area contributed by atoms with E-state index in [2.05, 4.69) is 43.7 Å². The number of hydrogen-bond acceptors (Lipinski definition) is 4. The van der Waals surface area contributed by atoms with Crippen molar-refractivity contribution in [3.8, 4) is 0 Å². The summed E-state index contributed by atoms with van der Waals surface area (Å²) < 4.78 is 0. The average Bonchev–Trinajstić information content (AvgIpc) is 2.71. The maximum Gasteiger partial charge on any atom is 0.0862 e. The molecule has 0 amide bonds. The van der Waals surface area contributed by atoms with Crippen molar-refractivity contribution in [1.82, 2.24) is 15.9 Å². The first-order valence-corrected chi connectivity index (χ1v) is 5.98. The molecule has 0 aromatic heterocycles. The van der Waals surface area contributed by atoms with E-state index >= 15 is 0 Å². The average molecular weight is 213 g/mol. The van der Waals surface area contributed by atoms with E-state index in [1.165, 1.54) is 0 Å². The molecule has 88 valence electrons. The first-order valence-electron chi connectivity index (χ1n) is 5.98. The number of hydrazine groups is 1. The number of nitrogens with zero attached hydrogens (tertiary/aromatic N) is 1. The minimum Gasteiger partial charge on any atom is -0.298 e. The van der Waals surface area contributed by atoms with Gasteiger partial charge in [0.25, 0.3) is 0 Å². The molecule has 4 unspecified atom stereocenters. The van der Waals surface area contributed by atoms with Crippen LogP contribution in [-0.2, 0) is 4.84 Å². The second-order valence-electron chi connectivity index (χ2n) is 5.18. The van der Waals surface area contributed by atoms with Gasteiger partial charge in [-0.15, -0.1) is 0 Å². The molecule has 2 N–H and O–H groups in total. The lowest BCUT2D eigenvalue weighted by molar-refractivity contribution is -0.0164. The molecule has 0 aromatic rings. The topological polar surface area (TPSA) is 36.5 Å². The largest absolute Gasteiger partial charge is 0.298 e. The molecule has 2 heterocycles. The van der Waals surface area contributed by atoms with Crippen LogP contribution in [-0.4, -0.2) is 36.8 Å². The molecule has 0 saturated carbocycles. The van der Waals surface area contributed by atoms with Crippen LogP contribution in [0.25, 0.3) is 0 Å². The zero-order valence-electron chi connectivity index (χ0n) is 10.2. The van der Waals surface area contributed by atoms with Crippen molar-refractivity contribution in [2.75, 3.05) is 13.6 Å². The Labute approximate surface area is 92.3 Å². The van der Waals surface area contributed by atoms with Gasteiger partial charge in [-0.1, -0.05) is 13.8 Å². The van der Waals surface area contributed by atoms with Crippen LogP contribution in [0.1, 0.15) is 27.2 Å². The van der Waals surface area contributed by atoms with E-state index in [1.54, 1.807) is 0 Å². The van der Waals surface area contributed by atoms with Crippen molar-refractivity contribution >= 4 is 0 Å². The number of nitrogens with one attached hydrogen (secondary N) is 2. The third-order valence-electron chi connectivity index (χ3n) is 3.70. The quantitative estimate of drug-likeness (QED) is 0.710. The monoisotopic (exact) mass is 213 g/mol. The summed E-state index contributed by atoms with van der Waals surface area (Å²) in [6.07, 6.45) is 1.50. The molecular weight excluding hydrogens is 190 g/mol. The molecule has 2 rings (SSSR count). The standard InChI is InChI=1S/C11H23N3O/c1-7(2)11-10(8(3)13-14(11)4)9-5-6-12-15-9/h7-13H,5-6H2,1-4H3. The maximum atomic E-state index is 5.62. The minimum absolute atomic E-state index is 0.366. The van der Waals surface area contributed by atoms with E-state index < -0.39 is 0 Å². The van der Waals surface area contributed by atoms with Gasteiger partial charge in [-0.25, -0.2) is 10.5 Å². The molecule has 2 aliphatic rings. The van der Waals surface area contributed by atoms with Crippen LogP contribution >= 0.6 is 0 Å². The lowest BCUT2D eigenvalue weighted by Gasteiger charge is -2.30. The van der Waals surface area contributed by atoms with Crippen molar-refractivity contribution in [2.45, 2.75) is 45.4 Å². The smallest absolute Gasteiger partial charge is 0.0862 e. The van der Waals surface area contributed by atoms with E-state index in [-0.39, 0.29) is 0 Å². The van der Waals surface area contributed by atoms with Gasteiger partial charge in [-0.3, -0.25) is 10.3 Å². The highest BCUT2D eigenvalue weighted by Crippen LogP contribution is 2.32. The van der Waals surface area contributed by atoms with E-state index in [0.29, 0.717) is 30.0 Å². The lowest BCUT2D eigenvalue weighted by atomic mass is 9.82. The Bertz CT molecular complexity index is 216. The zero-order chi connectivity index (χ0) is 11.0. The minimum atomic E-state index is 0.366. The van der Waals surface area contributed by atoms with Gasteiger partial charge in [-0.05, 0) is 19.3 Å². The first-order chi connectivity index (χ1) is 7.11. The molecule has 0 bridgehead atoms. The van der Waals surface area contributed by atoms with Crippen LogP contribution in [0.2, 0.25) is 0 Å². The second kappa shape index (κ2) is 4.37. The Hall–Kier alpha value is -0.160. The summed E-state index contributed by atoms with van der Waals surface area (Å²) in [4.78, 5) is 5.62. The predicted molar refractivity (Wildman–Crippen MR) is 60.0 cm³/mol. The number of rotatable bonds is 2. The summed E-state index contributed by atoms with van der Waals surface area (Å²) in [5.74, 6) is 1.24. The van der Waals surface area contributed by atoms with Crippen LogP contribution in [0, 0.1) is 11.8 Å². The molecule has 0 aromatic carbocycles. The lowest BCUT2D eigenvalue weighted by Crippen LogP contribution is -2.41. The van der Waals surface area contributed by atoms with Gasteiger partial charge in [-0.2, -0.15) is 0 Å². The fraction of sp³-hybridized carbons (Fsp3) is 1.00. The zero-order valence-corrected chi connectivity index (χ0v) is 10.2. The van der Waals surface area contributed by atoms with E-state index in [4.69, 9.17) is 4.84 Å². The highest BCUT2D eigenvalue weighted by molar-refractivity contribution is 4.96. The highest BCUT2D eigenvalue weighted by atomic mass is 16.7. The van der Waals surface area contributed by atoms with Gasteiger partial charge < -0.3 is 0 Å². The van der Waals surface area contributed by atoms with E-state index in [0.717, 1.165) is 13.0 Å². The molecule has 4 atom stereocenters. The predicted octanol–water partition coefficient (Wildman–Crippen LogP) is 0.759. The van der Waals surface area contributed by atoms with Gasteiger partial charge in [0, 0.05) is 31.6 Å². The van der Waals surface area contributed by atoms with Crippen LogP contribution in [0.5, 0.6) is 0 Å². The highest BCUT2D eigenvalue weighted by Gasteiger charge is 2.44. The summed E-state index contributed by atoms with van der Waals surface area (Å²) in [6.45, 7) is 7.82. The molecule has 4 nitrogen and oxygen atoms in total. The van der Waals surface area contributed by atoms with Gasteiger partial charge in [0.1, 0.15) is 0 Å². The van der Waals surface area contributed by atoms with Gasteiger partial charge in [0.2, 0.25) is 0 Å².